The monoisotopic (exact) mass is 588 g/mol. The number of carbonyl (C=O) groups is 1. The molecule has 5 aliphatic carbocycles. The van der Waals surface area contributed by atoms with E-state index >= 15 is 0 Å². The molecule has 0 aromatic heterocycles. The van der Waals surface area contributed by atoms with Crippen LogP contribution in [0.2, 0.25) is 0 Å². The van der Waals surface area contributed by atoms with Gasteiger partial charge < -0.3 is 29.9 Å². The van der Waals surface area contributed by atoms with Gasteiger partial charge in [-0.15, -0.1) is 0 Å². The zero-order chi connectivity index (χ0) is 30.7. The lowest BCUT2D eigenvalue weighted by Gasteiger charge is -2.71. The largest absolute Gasteiger partial charge is 0.481 e. The standard InChI is InChI=1S/C35H56O7/c1-30(2)14-16-35(29(39)40)17-15-33(6)20(21(35)18-30)8-9-24-32(5)12-11-25(31(3,4)23(32)10-13-34(24,33)7)42-28-27(38)26(37)22(19-36)41-28/h8-9,20-28,36-38H,10-19H2,1-7H3,(H,39,40)/t20?,21?,22-,23?,24?,25?,26-,27+,28-,32+,33-,34-,35?/m1/s1. The SMILES string of the molecule is CC1(C)CCC2(C(=O)O)CC[C@]3(C)C(C=CC4[C@@]5(C)CCC(O[C@H]6O[C@H](CO)[C@@H](O)[C@@H]6O)C(C)(C)C5CC[C@]43C)C2C1. The van der Waals surface area contributed by atoms with Crippen LogP contribution >= 0.6 is 0 Å². The lowest BCUT2D eigenvalue weighted by atomic mass is 9.33. The van der Waals surface area contributed by atoms with Crippen LogP contribution in [0.5, 0.6) is 0 Å². The lowest BCUT2D eigenvalue weighted by molar-refractivity contribution is -0.261. The fourth-order valence-corrected chi connectivity index (χ4v) is 12.1. The van der Waals surface area contributed by atoms with E-state index in [1.807, 2.05) is 0 Å². The maximum atomic E-state index is 12.9. The molecular weight excluding hydrogens is 532 g/mol. The zero-order valence-corrected chi connectivity index (χ0v) is 26.9. The van der Waals surface area contributed by atoms with Gasteiger partial charge in [0.2, 0.25) is 0 Å². The van der Waals surface area contributed by atoms with Crippen molar-refractivity contribution in [1.29, 1.82) is 0 Å². The van der Waals surface area contributed by atoms with Gasteiger partial charge in [0.1, 0.15) is 18.3 Å². The average Bonchev–Trinajstić information content (AvgIpc) is 3.18. The van der Waals surface area contributed by atoms with Crippen molar-refractivity contribution in [2.45, 2.75) is 137 Å². The Hall–Kier alpha value is -0.990. The highest BCUT2D eigenvalue weighted by molar-refractivity contribution is 5.75. The van der Waals surface area contributed by atoms with Crippen molar-refractivity contribution in [3.63, 3.8) is 0 Å². The molecule has 5 fully saturated rings. The van der Waals surface area contributed by atoms with Gasteiger partial charge in [-0.05, 0) is 109 Å². The Labute approximate surface area is 252 Å². The first kappa shape index (κ1) is 31.0. The second-order valence-electron chi connectivity index (χ2n) is 17.4. The Bertz CT molecular complexity index is 1120. The van der Waals surface area contributed by atoms with Crippen LogP contribution in [-0.4, -0.2) is 63.7 Å². The quantitative estimate of drug-likeness (QED) is 0.318. The van der Waals surface area contributed by atoms with E-state index in [0.29, 0.717) is 11.8 Å². The van der Waals surface area contributed by atoms with Crippen LogP contribution in [0, 0.1) is 56.2 Å². The highest BCUT2D eigenvalue weighted by Crippen LogP contribution is 2.75. The summed E-state index contributed by atoms with van der Waals surface area (Å²) in [6.45, 7) is 16.4. The van der Waals surface area contributed by atoms with E-state index < -0.39 is 36.0 Å². The van der Waals surface area contributed by atoms with E-state index in [-0.39, 0.29) is 51.6 Å². The molecule has 0 aromatic rings. The smallest absolute Gasteiger partial charge is 0.309 e. The fourth-order valence-electron chi connectivity index (χ4n) is 12.1. The molecule has 4 N–H and O–H groups in total. The van der Waals surface area contributed by atoms with Gasteiger partial charge in [-0.3, -0.25) is 4.79 Å². The lowest BCUT2D eigenvalue weighted by Crippen LogP contribution is -2.66. The van der Waals surface area contributed by atoms with Gasteiger partial charge in [0.15, 0.2) is 6.29 Å². The Morgan fingerprint density at radius 3 is 2.21 bits per heavy atom. The van der Waals surface area contributed by atoms with Gasteiger partial charge in [-0.2, -0.15) is 0 Å². The number of aliphatic carboxylic acids is 1. The van der Waals surface area contributed by atoms with Crippen molar-refractivity contribution < 1.29 is 34.7 Å². The Kier molecular flexibility index (Phi) is 7.20. The van der Waals surface area contributed by atoms with E-state index in [0.717, 1.165) is 57.8 Å². The summed E-state index contributed by atoms with van der Waals surface area (Å²) < 4.78 is 12.2. The summed E-state index contributed by atoms with van der Waals surface area (Å²) in [6, 6.07) is 0. The van der Waals surface area contributed by atoms with Crippen molar-refractivity contribution >= 4 is 5.97 Å². The second-order valence-corrected chi connectivity index (χ2v) is 17.4. The predicted molar refractivity (Wildman–Crippen MR) is 159 cm³/mol. The molecule has 13 atom stereocenters. The van der Waals surface area contributed by atoms with Crippen molar-refractivity contribution in [2.24, 2.45) is 56.2 Å². The van der Waals surface area contributed by atoms with Crippen LogP contribution in [-0.2, 0) is 14.3 Å². The third-order valence-corrected chi connectivity index (χ3v) is 14.8. The Morgan fingerprint density at radius 1 is 0.881 bits per heavy atom. The zero-order valence-electron chi connectivity index (χ0n) is 26.9. The molecule has 6 aliphatic rings. The number of aliphatic hydroxyl groups is 3. The maximum absolute atomic E-state index is 12.9. The summed E-state index contributed by atoms with van der Waals surface area (Å²) in [5, 5.41) is 41.0. The first-order valence-corrected chi connectivity index (χ1v) is 16.7. The minimum Gasteiger partial charge on any atom is -0.481 e. The van der Waals surface area contributed by atoms with E-state index in [2.05, 4.69) is 60.6 Å². The molecule has 6 rings (SSSR count). The third kappa shape index (κ3) is 4.05. The second kappa shape index (κ2) is 9.75. The summed E-state index contributed by atoms with van der Waals surface area (Å²) in [7, 11) is 0. The summed E-state index contributed by atoms with van der Waals surface area (Å²) in [4.78, 5) is 12.9. The van der Waals surface area contributed by atoms with Gasteiger partial charge in [-0.1, -0.05) is 60.6 Å². The van der Waals surface area contributed by atoms with Crippen molar-refractivity contribution in [1.82, 2.24) is 0 Å². The van der Waals surface area contributed by atoms with Crippen LogP contribution in [0.25, 0.3) is 0 Å². The number of carboxylic acid groups (broad SMARTS) is 1. The maximum Gasteiger partial charge on any atom is 0.309 e. The van der Waals surface area contributed by atoms with Gasteiger partial charge >= 0.3 is 5.97 Å². The first-order chi connectivity index (χ1) is 19.5. The van der Waals surface area contributed by atoms with Crippen LogP contribution in [0.3, 0.4) is 0 Å². The molecule has 238 valence electrons. The molecule has 4 saturated carbocycles. The van der Waals surface area contributed by atoms with E-state index in [1.165, 1.54) is 0 Å². The normalized spacial score (nSPS) is 54.3. The molecule has 1 heterocycles. The predicted octanol–water partition coefficient (Wildman–Crippen LogP) is 5.55. The Morgan fingerprint density at radius 2 is 1.57 bits per heavy atom. The van der Waals surface area contributed by atoms with Crippen LogP contribution < -0.4 is 0 Å². The summed E-state index contributed by atoms with van der Waals surface area (Å²) in [6.07, 6.45) is 9.35. The van der Waals surface area contributed by atoms with E-state index in [9.17, 15) is 25.2 Å². The highest BCUT2D eigenvalue weighted by Gasteiger charge is 2.70. The molecule has 0 radical (unpaired) electrons. The minimum absolute atomic E-state index is 0.0478. The van der Waals surface area contributed by atoms with Gasteiger partial charge in [-0.25, -0.2) is 0 Å². The molecule has 6 unspecified atom stereocenters. The topological polar surface area (TPSA) is 116 Å². The van der Waals surface area contributed by atoms with Gasteiger partial charge in [0.05, 0.1) is 18.1 Å². The third-order valence-electron chi connectivity index (χ3n) is 14.8. The van der Waals surface area contributed by atoms with Crippen molar-refractivity contribution in [3.05, 3.63) is 12.2 Å². The molecule has 7 heteroatoms. The van der Waals surface area contributed by atoms with Gasteiger partial charge in [0.25, 0.3) is 0 Å². The van der Waals surface area contributed by atoms with Crippen LogP contribution in [0.4, 0.5) is 0 Å². The molecule has 1 aliphatic heterocycles. The average molecular weight is 589 g/mol. The van der Waals surface area contributed by atoms with Crippen LogP contribution in [0.15, 0.2) is 12.2 Å². The molecule has 0 spiro atoms. The van der Waals surface area contributed by atoms with Gasteiger partial charge in [0, 0.05) is 0 Å². The number of allylic oxidation sites excluding steroid dienone is 2. The molecule has 0 aromatic carbocycles. The number of aliphatic hydroxyl groups excluding tert-OH is 3. The van der Waals surface area contributed by atoms with Crippen molar-refractivity contribution in [3.8, 4) is 0 Å². The van der Waals surface area contributed by atoms with Crippen LogP contribution in [0.1, 0.15) is 106 Å². The van der Waals surface area contributed by atoms with Crippen molar-refractivity contribution in [2.75, 3.05) is 6.61 Å². The Balaban J connectivity index is 1.30. The molecule has 0 amide bonds. The first-order valence-electron chi connectivity index (χ1n) is 16.7. The number of fused-ring (bicyclic) bond motifs is 7. The number of rotatable bonds is 4. The fraction of sp³-hybridized carbons (Fsp3) is 0.914. The number of carboxylic acids is 1. The summed E-state index contributed by atoms with van der Waals surface area (Å²) in [5.74, 6) is 0.680. The molecule has 1 saturated heterocycles. The van der Waals surface area contributed by atoms with E-state index in [1.54, 1.807) is 0 Å². The summed E-state index contributed by atoms with van der Waals surface area (Å²) >= 11 is 0. The molecule has 7 nitrogen and oxygen atoms in total. The number of hydrogen-bond donors (Lipinski definition) is 4. The highest BCUT2D eigenvalue weighted by atomic mass is 16.7. The summed E-state index contributed by atoms with van der Waals surface area (Å²) in [5.41, 5.74) is -0.409. The number of ether oxygens (including phenoxy) is 2. The van der Waals surface area contributed by atoms with E-state index in [4.69, 9.17) is 9.47 Å². The minimum atomic E-state index is -1.17. The molecule has 42 heavy (non-hydrogen) atoms. The molecular formula is C35H56O7. The number of hydrogen-bond acceptors (Lipinski definition) is 6. The molecule has 0 bridgehead atoms.